The minimum absolute atomic E-state index is 0.403. The summed E-state index contributed by atoms with van der Waals surface area (Å²) < 4.78 is 18.2. The first kappa shape index (κ1) is 20.7. The lowest BCUT2D eigenvalue weighted by atomic mass is 10.0. The first-order valence-corrected chi connectivity index (χ1v) is 10.7. The Morgan fingerprint density at radius 3 is 1.62 bits per heavy atom. The van der Waals surface area contributed by atoms with E-state index >= 15 is 0 Å². The van der Waals surface area contributed by atoms with Crippen LogP contribution in [0.4, 0.5) is 0 Å². The van der Waals surface area contributed by atoms with Crippen molar-refractivity contribution in [1.29, 1.82) is 0 Å². The Kier molecular flexibility index (Phi) is 12.1. The molecule has 0 saturated heterocycles. The van der Waals surface area contributed by atoms with Gasteiger partial charge in [-0.2, -0.15) is 0 Å². The third-order valence-electron chi connectivity index (χ3n) is 4.39. The molecule has 21 heavy (non-hydrogen) atoms. The van der Waals surface area contributed by atoms with E-state index in [0.717, 1.165) is 51.4 Å². The molecule has 3 nitrogen and oxygen atoms in total. The summed E-state index contributed by atoms with van der Waals surface area (Å²) in [4.78, 5) is 10.8. The van der Waals surface area contributed by atoms with Crippen LogP contribution in [0.3, 0.4) is 0 Å². The van der Waals surface area contributed by atoms with E-state index in [-0.39, 0.29) is 0 Å². The largest absolute Gasteiger partial charge is 0.414 e. The van der Waals surface area contributed by atoms with Gasteiger partial charge in [-0.05, 0) is 24.7 Å². The summed E-state index contributed by atoms with van der Waals surface area (Å²) in [5.74, 6) is 0.832. The van der Waals surface area contributed by atoms with E-state index in [4.69, 9.17) is 4.52 Å². The van der Waals surface area contributed by atoms with Crippen molar-refractivity contribution in [3.63, 3.8) is 0 Å². The maximum Gasteiger partial charge on any atom is 0.298 e. The molecule has 0 aliphatic heterocycles. The summed E-state index contributed by atoms with van der Waals surface area (Å²) >= 11 is 0. The van der Waals surface area contributed by atoms with Crippen molar-refractivity contribution in [2.75, 3.05) is 12.3 Å². The minimum Gasteiger partial charge on any atom is -0.414 e. The molecule has 0 aliphatic carbocycles. The van der Waals surface area contributed by atoms with Crippen LogP contribution in [0.1, 0.15) is 79.1 Å². The zero-order valence-corrected chi connectivity index (χ0v) is 15.4. The van der Waals surface area contributed by atoms with E-state index in [2.05, 4.69) is 27.7 Å². The first-order valence-electron chi connectivity index (χ1n) is 8.75. The molecule has 0 N–H and O–H groups in total. The van der Waals surface area contributed by atoms with Crippen LogP contribution in [0.15, 0.2) is 0 Å². The van der Waals surface area contributed by atoms with Gasteiger partial charge in [0.2, 0.25) is 0 Å². The molecule has 0 radical (unpaired) electrons. The van der Waals surface area contributed by atoms with Gasteiger partial charge in [-0.3, -0.25) is 9.36 Å². The molecule has 0 aromatic heterocycles. The smallest absolute Gasteiger partial charge is 0.298 e. The molecule has 0 amide bonds. The van der Waals surface area contributed by atoms with Gasteiger partial charge in [-0.1, -0.05) is 66.2 Å². The van der Waals surface area contributed by atoms with Crippen LogP contribution in [-0.4, -0.2) is 18.8 Å². The maximum atomic E-state index is 13.0. The second-order valence-electron chi connectivity index (χ2n) is 6.21. The lowest BCUT2D eigenvalue weighted by molar-refractivity contribution is -0.120. The highest BCUT2D eigenvalue weighted by atomic mass is 31.2. The van der Waals surface area contributed by atoms with Crippen molar-refractivity contribution in [1.82, 2.24) is 0 Å². The summed E-state index contributed by atoms with van der Waals surface area (Å²) in [7, 11) is -2.81. The first-order chi connectivity index (χ1) is 10.0. The molecule has 0 rings (SSSR count). The lowest BCUT2D eigenvalue weighted by Gasteiger charge is -2.25. The number of carbonyl (C=O) groups excluding carboxylic acids is 1. The van der Waals surface area contributed by atoms with Crippen LogP contribution in [0.5, 0.6) is 0 Å². The summed E-state index contributed by atoms with van der Waals surface area (Å²) in [5.41, 5.74) is 0. The number of hydrogen-bond donors (Lipinski definition) is 0. The molecule has 0 heterocycles. The van der Waals surface area contributed by atoms with Crippen LogP contribution in [0.25, 0.3) is 0 Å². The molecule has 2 unspecified atom stereocenters. The van der Waals surface area contributed by atoms with E-state index < -0.39 is 7.37 Å². The highest BCUT2D eigenvalue weighted by Crippen LogP contribution is 2.51. The molecule has 2 atom stereocenters. The molecule has 0 aromatic carbocycles. The maximum absolute atomic E-state index is 13.0. The topological polar surface area (TPSA) is 43.4 Å². The second kappa shape index (κ2) is 12.3. The Bertz CT molecular complexity index is 282. The molecule has 0 spiro atoms. The molecule has 0 aliphatic rings. The van der Waals surface area contributed by atoms with Gasteiger partial charge in [0.15, 0.2) is 0 Å². The van der Waals surface area contributed by atoms with Gasteiger partial charge in [0.05, 0.1) is 0 Å². The Labute approximate surface area is 131 Å². The molecule has 4 heteroatoms. The number of rotatable bonds is 14. The fraction of sp³-hybridized carbons (Fsp3) is 0.941. The molecule has 0 bridgehead atoms. The standard InChI is InChI=1S/C17H35O3P/c1-5-9-11-16(7-3)13-21(19,20-15-18)14-17(8-4)12-10-6-2/h15-17H,5-14H2,1-4H3. The van der Waals surface area contributed by atoms with Crippen molar-refractivity contribution >= 4 is 13.8 Å². The molecule has 0 saturated carbocycles. The third kappa shape index (κ3) is 9.34. The van der Waals surface area contributed by atoms with Crippen LogP contribution >= 0.6 is 7.37 Å². The van der Waals surface area contributed by atoms with E-state index in [9.17, 15) is 9.36 Å². The van der Waals surface area contributed by atoms with Gasteiger partial charge in [-0.25, -0.2) is 0 Å². The zero-order valence-electron chi connectivity index (χ0n) is 14.5. The number of unbranched alkanes of at least 4 members (excludes halogenated alkanes) is 2. The molecule has 0 aromatic rings. The fourth-order valence-electron chi connectivity index (χ4n) is 2.86. The zero-order chi connectivity index (χ0) is 16.1. The van der Waals surface area contributed by atoms with Crippen molar-refractivity contribution in [3.05, 3.63) is 0 Å². The minimum atomic E-state index is -2.81. The van der Waals surface area contributed by atoms with Crippen molar-refractivity contribution in [2.24, 2.45) is 11.8 Å². The van der Waals surface area contributed by atoms with Gasteiger partial charge in [0, 0.05) is 12.3 Å². The SMILES string of the molecule is CCCCC(CC)CP(=O)(CC(CC)CCCC)OC=O. The highest BCUT2D eigenvalue weighted by Gasteiger charge is 2.30. The van der Waals surface area contributed by atoms with Crippen LogP contribution in [-0.2, 0) is 13.9 Å². The van der Waals surface area contributed by atoms with E-state index in [0.29, 0.717) is 30.6 Å². The van der Waals surface area contributed by atoms with Crippen LogP contribution < -0.4 is 0 Å². The van der Waals surface area contributed by atoms with Gasteiger partial charge in [0.1, 0.15) is 0 Å². The quantitative estimate of drug-likeness (QED) is 0.297. The summed E-state index contributed by atoms with van der Waals surface area (Å²) in [6.45, 7) is 9.03. The van der Waals surface area contributed by atoms with Crippen LogP contribution in [0.2, 0.25) is 0 Å². The normalized spacial score (nSPS) is 17.0. The van der Waals surface area contributed by atoms with Gasteiger partial charge < -0.3 is 4.52 Å². The summed E-state index contributed by atoms with van der Waals surface area (Å²) in [6, 6.07) is 0. The summed E-state index contributed by atoms with van der Waals surface area (Å²) in [6.07, 6.45) is 9.98. The van der Waals surface area contributed by atoms with E-state index in [1.807, 2.05) is 0 Å². The Morgan fingerprint density at radius 1 is 0.905 bits per heavy atom. The van der Waals surface area contributed by atoms with E-state index in [1.54, 1.807) is 0 Å². The monoisotopic (exact) mass is 318 g/mol. The van der Waals surface area contributed by atoms with Crippen LogP contribution in [0, 0.1) is 11.8 Å². The van der Waals surface area contributed by atoms with Crippen molar-refractivity contribution in [2.45, 2.75) is 79.1 Å². The predicted octanol–water partition coefficient (Wildman–Crippen LogP) is 5.87. The van der Waals surface area contributed by atoms with Crippen molar-refractivity contribution in [3.8, 4) is 0 Å². The van der Waals surface area contributed by atoms with Gasteiger partial charge in [0.25, 0.3) is 13.8 Å². The fourth-order valence-corrected chi connectivity index (χ4v) is 5.79. The molecule has 0 fully saturated rings. The molecular weight excluding hydrogens is 283 g/mol. The van der Waals surface area contributed by atoms with Gasteiger partial charge >= 0.3 is 0 Å². The predicted molar refractivity (Wildman–Crippen MR) is 91.1 cm³/mol. The molecule has 126 valence electrons. The van der Waals surface area contributed by atoms with Crippen molar-refractivity contribution < 1.29 is 13.9 Å². The second-order valence-corrected chi connectivity index (χ2v) is 8.78. The number of carbonyl (C=O) groups is 1. The summed E-state index contributed by atoms with van der Waals surface area (Å²) in [5, 5.41) is 0. The number of hydrogen-bond acceptors (Lipinski definition) is 3. The third-order valence-corrected chi connectivity index (χ3v) is 7.01. The van der Waals surface area contributed by atoms with E-state index in [1.165, 1.54) is 0 Å². The lowest BCUT2D eigenvalue weighted by Crippen LogP contribution is -2.14. The molecular formula is C17H35O3P. The Balaban J connectivity index is 4.70. The average Bonchev–Trinajstić information content (AvgIpc) is 2.48. The Morgan fingerprint density at radius 2 is 1.33 bits per heavy atom. The Hall–Kier alpha value is -0.300. The highest BCUT2D eigenvalue weighted by molar-refractivity contribution is 7.59. The average molecular weight is 318 g/mol. The van der Waals surface area contributed by atoms with Gasteiger partial charge in [-0.15, -0.1) is 0 Å².